The average molecular weight is 736 g/mol. The quantitative estimate of drug-likeness (QED) is 0.0725. The number of halogens is 2. The molecule has 0 aliphatic rings. The third-order valence-electron chi connectivity index (χ3n) is 8.91. The first-order valence-corrected chi connectivity index (χ1v) is 19.2. The molecule has 0 spiro atoms. The molecule has 1 aromatic heterocycles. The summed E-state index contributed by atoms with van der Waals surface area (Å²) in [6, 6.07) is 22.5. The highest BCUT2D eigenvalue weighted by Crippen LogP contribution is 2.31. The van der Waals surface area contributed by atoms with E-state index in [9.17, 15) is 9.59 Å². The van der Waals surface area contributed by atoms with Crippen LogP contribution in [0.15, 0.2) is 77.6 Å². The minimum Gasteiger partial charge on any atom is -0.328 e. The Morgan fingerprint density at radius 1 is 0.875 bits per heavy atom. The topological polar surface area (TPSA) is 67.2 Å². The summed E-state index contributed by atoms with van der Waals surface area (Å²) in [5.41, 5.74) is 3.13. The van der Waals surface area contributed by atoms with Gasteiger partial charge in [0.05, 0.1) is 23.5 Å². The molecule has 8 heteroatoms. The Hall–Kier alpha value is -3.00. The molecule has 0 bridgehead atoms. The highest BCUT2D eigenvalue weighted by molar-refractivity contribution is 9.09. The smallest absolute Gasteiger partial charge is 0.261 e. The number of rotatable bonds is 20. The first kappa shape index (κ1) is 37.8. The van der Waals surface area contributed by atoms with Crippen LogP contribution in [-0.2, 0) is 6.54 Å². The number of carbonyl (C=O) groups excluding carboxylic acids is 1. The van der Waals surface area contributed by atoms with Crippen LogP contribution in [0.1, 0.15) is 105 Å². The van der Waals surface area contributed by atoms with Crippen LogP contribution in [0.3, 0.4) is 0 Å². The number of hydrogen-bond acceptors (Lipinski definition) is 4. The Morgan fingerprint density at radius 2 is 1.52 bits per heavy atom. The van der Waals surface area contributed by atoms with Gasteiger partial charge in [-0.1, -0.05) is 128 Å². The van der Waals surface area contributed by atoms with Crippen molar-refractivity contribution < 1.29 is 4.79 Å². The fourth-order valence-corrected chi connectivity index (χ4v) is 6.85. The molecule has 0 saturated heterocycles. The van der Waals surface area contributed by atoms with E-state index in [-0.39, 0.29) is 17.4 Å². The molecule has 258 valence electrons. The van der Waals surface area contributed by atoms with Gasteiger partial charge in [-0.2, -0.15) is 0 Å². The summed E-state index contributed by atoms with van der Waals surface area (Å²) in [7, 11) is 0. The Kier molecular flexibility index (Phi) is 15.6. The van der Waals surface area contributed by atoms with Crippen LogP contribution in [0, 0.1) is 12.8 Å². The van der Waals surface area contributed by atoms with Crippen molar-refractivity contribution in [3.05, 3.63) is 111 Å². The molecule has 6 nitrogen and oxygen atoms in total. The lowest BCUT2D eigenvalue weighted by atomic mass is 9.98. The molecule has 0 aliphatic heterocycles. The highest BCUT2D eigenvalue weighted by Gasteiger charge is 2.32. The number of aryl methyl sites for hydroxylation is 1. The maximum Gasteiger partial charge on any atom is 0.261 e. The molecule has 1 heterocycles. The molecule has 0 aliphatic carbocycles. The molecule has 4 rings (SSSR count). The molecule has 0 radical (unpaired) electrons. The third-order valence-corrected chi connectivity index (χ3v) is 9.71. The molecule has 1 N–H and O–H groups in total. The van der Waals surface area contributed by atoms with Gasteiger partial charge in [-0.05, 0) is 81.1 Å². The van der Waals surface area contributed by atoms with E-state index in [0.29, 0.717) is 40.4 Å². The molecule has 4 aromatic rings. The summed E-state index contributed by atoms with van der Waals surface area (Å²) < 4.78 is 1.76. The first-order valence-electron chi connectivity index (χ1n) is 17.7. The summed E-state index contributed by atoms with van der Waals surface area (Å²) in [5.74, 6) is 0.503. The van der Waals surface area contributed by atoms with Crippen molar-refractivity contribution >= 4 is 44.3 Å². The van der Waals surface area contributed by atoms with E-state index in [1.54, 1.807) is 22.8 Å². The van der Waals surface area contributed by atoms with Crippen molar-refractivity contribution in [3.8, 4) is 0 Å². The highest BCUT2D eigenvalue weighted by atomic mass is 79.9. The van der Waals surface area contributed by atoms with Gasteiger partial charge in [0.25, 0.3) is 11.5 Å². The molecule has 1 amide bonds. The molecular formula is C40H52BrClN4O2. The first-order chi connectivity index (χ1) is 23.3. The number of fused-ring (bicyclic) bond motifs is 1. The number of unbranched alkanes of at least 4 members (excludes halogenated alkanes) is 7. The number of alkyl halides is 1. The van der Waals surface area contributed by atoms with E-state index in [1.807, 2.05) is 66.4 Å². The van der Waals surface area contributed by atoms with Gasteiger partial charge >= 0.3 is 0 Å². The Morgan fingerprint density at radius 3 is 2.19 bits per heavy atom. The maximum absolute atomic E-state index is 14.4. The lowest BCUT2D eigenvalue weighted by Gasteiger charge is -2.35. The molecule has 1 atom stereocenters. The van der Waals surface area contributed by atoms with Gasteiger partial charge in [-0.25, -0.2) is 4.98 Å². The van der Waals surface area contributed by atoms with Crippen molar-refractivity contribution in [2.24, 2.45) is 5.92 Å². The van der Waals surface area contributed by atoms with Crippen molar-refractivity contribution in [2.45, 2.75) is 91.1 Å². The average Bonchev–Trinajstić information content (AvgIpc) is 3.08. The molecular weight excluding hydrogens is 684 g/mol. The van der Waals surface area contributed by atoms with Gasteiger partial charge in [0.2, 0.25) is 0 Å². The predicted molar refractivity (Wildman–Crippen MR) is 205 cm³/mol. The van der Waals surface area contributed by atoms with Crippen LogP contribution in [0.5, 0.6) is 0 Å². The monoisotopic (exact) mass is 734 g/mol. The van der Waals surface area contributed by atoms with Crippen LogP contribution < -0.4 is 10.9 Å². The van der Waals surface area contributed by atoms with E-state index >= 15 is 0 Å². The normalized spacial score (nSPS) is 12.1. The van der Waals surface area contributed by atoms with Crippen molar-refractivity contribution in [2.75, 3.05) is 25.0 Å². The zero-order chi connectivity index (χ0) is 34.3. The molecule has 48 heavy (non-hydrogen) atoms. The fraction of sp³-hybridized carbons (Fsp3) is 0.475. The van der Waals surface area contributed by atoms with Crippen LogP contribution in [0.4, 0.5) is 0 Å². The van der Waals surface area contributed by atoms with Crippen LogP contribution in [0.2, 0.25) is 5.02 Å². The molecule has 0 saturated carbocycles. The second-order valence-corrected chi connectivity index (χ2v) is 14.4. The molecule has 0 fully saturated rings. The molecule has 0 unspecified atom stereocenters. The number of aromatic nitrogens is 2. The summed E-state index contributed by atoms with van der Waals surface area (Å²) in [5, 5.41) is 5.75. The van der Waals surface area contributed by atoms with Crippen molar-refractivity contribution in [1.29, 1.82) is 0 Å². The van der Waals surface area contributed by atoms with E-state index in [4.69, 9.17) is 16.6 Å². The standard InChI is InChI=1S/C40H52BrClN4O2/c1-30(2)37(38-44-36-28-34(42)22-23-35(36)40(48)46(38)29-32-16-11-10-12-17-32)45(39(47)33-20-18-31(3)19-21-33)27-15-26-43-25-14-9-7-5-4-6-8-13-24-41/h10-12,16-23,28,30,37,43H,4-9,13-15,24-27,29H2,1-3H3/t37-/m1/s1. The zero-order valence-electron chi connectivity index (χ0n) is 28.9. The van der Waals surface area contributed by atoms with Crippen molar-refractivity contribution in [1.82, 2.24) is 19.8 Å². The number of amides is 1. The van der Waals surface area contributed by atoms with Gasteiger partial charge in [0, 0.05) is 22.5 Å². The van der Waals surface area contributed by atoms with Gasteiger partial charge in [-0.15, -0.1) is 0 Å². The van der Waals surface area contributed by atoms with E-state index in [1.165, 1.54) is 44.9 Å². The largest absolute Gasteiger partial charge is 0.328 e. The Balaban J connectivity index is 1.56. The maximum atomic E-state index is 14.4. The number of benzene rings is 3. The van der Waals surface area contributed by atoms with E-state index in [2.05, 4.69) is 35.1 Å². The third kappa shape index (κ3) is 11.0. The minimum absolute atomic E-state index is 0.0163. The van der Waals surface area contributed by atoms with Crippen LogP contribution in [0.25, 0.3) is 10.9 Å². The Bertz CT molecular complexity index is 1620. The van der Waals surface area contributed by atoms with Gasteiger partial charge in [0.15, 0.2) is 0 Å². The summed E-state index contributed by atoms with van der Waals surface area (Å²) in [4.78, 5) is 35.5. The lowest BCUT2D eigenvalue weighted by Crippen LogP contribution is -2.42. The van der Waals surface area contributed by atoms with Crippen molar-refractivity contribution in [3.63, 3.8) is 0 Å². The zero-order valence-corrected chi connectivity index (χ0v) is 31.2. The van der Waals surface area contributed by atoms with Crippen LogP contribution in [-0.4, -0.2) is 45.3 Å². The Labute approximate surface area is 300 Å². The number of carbonyl (C=O) groups is 1. The lowest BCUT2D eigenvalue weighted by molar-refractivity contribution is 0.0601. The number of nitrogens with zero attached hydrogens (tertiary/aromatic N) is 3. The summed E-state index contributed by atoms with van der Waals surface area (Å²) in [6.45, 7) is 8.90. The van der Waals surface area contributed by atoms with E-state index in [0.717, 1.165) is 42.4 Å². The summed E-state index contributed by atoms with van der Waals surface area (Å²) in [6.07, 6.45) is 11.1. The fourth-order valence-electron chi connectivity index (χ4n) is 6.29. The van der Waals surface area contributed by atoms with E-state index < -0.39 is 6.04 Å². The number of nitrogens with one attached hydrogen (secondary N) is 1. The molecule has 3 aromatic carbocycles. The van der Waals surface area contributed by atoms with Gasteiger partial charge < -0.3 is 10.2 Å². The van der Waals surface area contributed by atoms with Crippen LogP contribution >= 0.6 is 27.5 Å². The minimum atomic E-state index is -0.437. The second-order valence-electron chi connectivity index (χ2n) is 13.2. The van der Waals surface area contributed by atoms with Gasteiger partial charge in [0.1, 0.15) is 5.82 Å². The SMILES string of the molecule is Cc1ccc(C(=O)N(CCCNCCCCCCCCCCBr)[C@@H](c2nc3cc(Cl)ccc3c(=O)n2Cc2ccccc2)C(C)C)cc1. The predicted octanol–water partition coefficient (Wildman–Crippen LogP) is 9.74. The second kappa shape index (κ2) is 19.9. The van der Waals surface area contributed by atoms with Gasteiger partial charge in [-0.3, -0.25) is 14.2 Å². The summed E-state index contributed by atoms with van der Waals surface area (Å²) >= 11 is 9.90. The number of hydrogen-bond donors (Lipinski definition) is 1.